The molecule has 10 nitrogen and oxygen atoms in total. The fourth-order valence-corrected chi connectivity index (χ4v) is 3.08. The zero-order valence-electron chi connectivity index (χ0n) is 23.0. The number of para-hydroxylation sites is 2. The molecule has 0 saturated heterocycles. The number of carbonyl (C=O) groups excluding carboxylic acids is 4. The van der Waals surface area contributed by atoms with Crippen LogP contribution in [0.25, 0.3) is 0 Å². The van der Waals surface area contributed by atoms with Crippen molar-refractivity contribution in [3.8, 4) is 0 Å². The number of rotatable bonds is 9. The van der Waals surface area contributed by atoms with Gasteiger partial charge in [0.25, 0.3) is 0 Å². The smallest absolute Gasteiger partial charge is 0.412 e. The second-order valence-electron chi connectivity index (χ2n) is 7.57. The third-order valence-electron chi connectivity index (χ3n) is 4.89. The fraction of sp³-hybridized carbons (Fsp3) is 0.429. The first-order valence-electron chi connectivity index (χ1n) is 12.3. The molecule has 38 heavy (non-hydrogen) atoms. The van der Waals surface area contributed by atoms with E-state index in [4.69, 9.17) is 9.84 Å². The third-order valence-corrected chi connectivity index (χ3v) is 4.89. The van der Waals surface area contributed by atoms with Crippen LogP contribution < -0.4 is 5.32 Å². The largest absolute Gasteiger partial charge is 0.464 e. The van der Waals surface area contributed by atoms with Crippen molar-refractivity contribution in [1.29, 1.82) is 0 Å². The Kier molecular flexibility index (Phi) is 18.0. The van der Waals surface area contributed by atoms with Crippen molar-refractivity contribution < 1.29 is 38.5 Å². The summed E-state index contributed by atoms with van der Waals surface area (Å²) in [6.07, 6.45) is 2.61. The number of ether oxygens (including phenoxy) is 3. The van der Waals surface area contributed by atoms with Crippen LogP contribution in [-0.2, 0) is 41.4 Å². The number of aliphatic hydroxyl groups is 1. The molecule has 0 unspecified atom stereocenters. The lowest BCUT2D eigenvalue weighted by Crippen LogP contribution is -2.21. The molecule has 0 aliphatic carbocycles. The van der Waals surface area contributed by atoms with E-state index >= 15 is 0 Å². The number of anilines is 1. The number of hydrogen-bond donors (Lipinski definition) is 2. The number of nitrogens with one attached hydrogen (secondary N) is 1. The summed E-state index contributed by atoms with van der Waals surface area (Å²) in [5.74, 6) is -1.12. The highest BCUT2D eigenvalue weighted by Crippen LogP contribution is 2.23. The van der Waals surface area contributed by atoms with Crippen molar-refractivity contribution in [3.05, 3.63) is 58.7 Å². The zero-order valence-corrected chi connectivity index (χ0v) is 23.0. The van der Waals surface area contributed by atoms with E-state index in [1.807, 2.05) is 64.1 Å². The lowest BCUT2D eigenvalue weighted by Gasteiger charge is -2.12. The molecule has 2 aromatic rings. The Morgan fingerprint density at radius 2 is 1.39 bits per heavy atom. The van der Waals surface area contributed by atoms with Crippen LogP contribution in [0.1, 0.15) is 49.9 Å². The predicted molar refractivity (Wildman–Crippen MR) is 144 cm³/mol. The fourth-order valence-electron chi connectivity index (χ4n) is 3.08. The number of benzene rings is 2. The highest BCUT2D eigenvalue weighted by molar-refractivity contribution is 5.88. The van der Waals surface area contributed by atoms with E-state index < -0.39 is 24.6 Å². The molecule has 0 bridgehead atoms. The molecule has 10 heteroatoms. The Morgan fingerprint density at radius 3 is 1.89 bits per heavy atom. The van der Waals surface area contributed by atoms with Crippen LogP contribution in [0.5, 0.6) is 0 Å². The number of aliphatic hydroxyl groups excluding tert-OH is 1. The molecule has 2 aromatic carbocycles. The van der Waals surface area contributed by atoms with Gasteiger partial charge in [-0.2, -0.15) is 4.99 Å². The number of esters is 2. The van der Waals surface area contributed by atoms with Crippen LogP contribution in [0.4, 0.5) is 16.2 Å². The maximum Gasteiger partial charge on any atom is 0.412 e. The number of isocyanates is 1. The van der Waals surface area contributed by atoms with Crippen molar-refractivity contribution >= 4 is 35.5 Å². The highest BCUT2D eigenvalue weighted by atomic mass is 16.6. The Morgan fingerprint density at radius 1 is 0.842 bits per heavy atom. The van der Waals surface area contributed by atoms with Crippen molar-refractivity contribution in [2.75, 3.05) is 31.7 Å². The molecule has 0 radical (unpaired) electrons. The Labute approximate surface area is 224 Å². The van der Waals surface area contributed by atoms with E-state index in [1.54, 1.807) is 19.9 Å². The van der Waals surface area contributed by atoms with Crippen LogP contribution >= 0.6 is 0 Å². The van der Waals surface area contributed by atoms with Gasteiger partial charge < -0.3 is 19.3 Å². The molecular weight excluding hydrogens is 492 g/mol. The van der Waals surface area contributed by atoms with E-state index in [2.05, 4.69) is 19.8 Å². The van der Waals surface area contributed by atoms with Gasteiger partial charge in [0, 0.05) is 0 Å². The summed E-state index contributed by atoms with van der Waals surface area (Å²) in [5.41, 5.74) is 5.60. The van der Waals surface area contributed by atoms with Crippen LogP contribution in [0.15, 0.2) is 41.4 Å². The minimum atomic E-state index is -0.656. The summed E-state index contributed by atoms with van der Waals surface area (Å²) in [4.78, 5) is 46.4. The number of carbonyl (C=O) groups is 3. The SMILES string of the molecule is CCOC(=O)CO.CCOC(=O)COC(=O)Nc1c(C)cccc1CC.CCc1cccc(C)c1N=C=O. The second kappa shape index (κ2) is 20.1. The lowest BCUT2D eigenvalue weighted by molar-refractivity contribution is -0.147. The van der Waals surface area contributed by atoms with Crippen LogP contribution in [0, 0.1) is 13.8 Å². The molecule has 208 valence electrons. The van der Waals surface area contributed by atoms with Crippen LogP contribution in [0.2, 0.25) is 0 Å². The predicted octanol–water partition coefficient (Wildman–Crippen LogP) is 4.74. The van der Waals surface area contributed by atoms with Gasteiger partial charge in [0.1, 0.15) is 6.61 Å². The average molecular weight is 531 g/mol. The van der Waals surface area contributed by atoms with Crippen molar-refractivity contribution in [2.24, 2.45) is 4.99 Å². The molecule has 0 saturated carbocycles. The molecule has 2 N–H and O–H groups in total. The first kappa shape index (κ1) is 34.0. The normalized spacial score (nSPS) is 9.34. The maximum atomic E-state index is 11.6. The molecule has 0 heterocycles. The average Bonchev–Trinajstić information content (AvgIpc) is 2.91. The number of aliphatic imine (C=N–C) groups is 1. The van der Waals surface area contributed by atoms with Crippen molar-refractivity contribution in [2.45, 2.75) is 54.4 Å². The summed E-state index contributed by atoms with van der Waals surface area (Å²) >= 11 is 0. The van der Waals surface area contributed by atoms with E-state index in [1.165, 1.54) is 0 Å². The molecule has 0 aliphatic heterocycles. The summed E-state index contributed by atoms with van der Waals surface area (Å²) < 4.78 is 13.8. The van der Waals surface area contributed by atoms with Crippen LogP contribution in [0.3, 0.4) is 0 Å². The first-order chi connectivity index (χ1) is 18.2. The second-order valence-corrected chi connectivity index (χ2v) is 7.57. The van der Waals surface area contributed by atoms with Gasteiger partial charge in [0.15, 0.2) is 6.61 Å². The van der Waals surface area contributed by atoms with Gasteiger partial charge in [-0.25, -0.2) is 19.2 Å². The summed E-state index contributed by atoms with van der Waals surface area (Å²) in [7, 11) is 0. The minimum absolute atomic E-state index is 0.265. The van der Waals surface area contributed by atoms with Gasteiger partial charge in [0.05, 0.1) is 24.6 Å². The summed E-state index contributed by atoms with van der Waals surface area (Å²) in [6.45, 7) is 11.0. The van der Waals surface area contributed by atoms with Gasteiger partial charge in [-0.15, -0.1) is 0 Å². The van der Waals surface area contributed by atoms with E-state index in [0.29, 0.717) is 6.61 Å². The van der Waals surface area contributed by atoms with Gasteiger partial charge in [-0.05, 0) is 62.8 Å². The van der Waals surface area contributed by atoms with Gasteiger partial charge in [0.2, 0.25) is 6.08 Å². The molecule has 2 rings (SSSR count). The number of amides is 1. The van der Waals surface area contributed by atoms with E-state index in [0.717, 1.165) is 46.5 Å². The van der Waals surface area contributed by atoms with Crippen LogP contribution in [-0.4, -0.2) is 55.6 Å². The summed E-state index contributed by atoms with van der Waals surface area (Å²) in [6, 6.07) is 11.7. The van der Waals surface area contributed by atoms with Gasteiger partial charge in [-0.1, -0.05) is 50.2 Å². The Hall–Kier alpha value is -4.01. The quantitative estimate of drug-likeness (QED) is 0.205. The topological polar surface area (TPSA) is 141 Å². The van der Waals surface area contributed by atoms with Gasteiger partial charge >= 0.3 is 18.0 Å². The minimum Gasteiger partial charge on any atom is -0.464 e. The Balaban J connectivity index is 0.000000612. The monoisotopic (exact) mass is 530 g/mol. The molecule has 0 aromatic heterocycles. The lowest BCUT2D eigenvalue weighted by atomic mass is 10.1. The number of aryl methyl sites for hydroxylation is 4. The molecule has 0 aliphatic rings. The molecular formula is C28H38N2O8. The highest BCUT2D eigenvalue weighted by Gasteiger charge is 2.11. The van der Waals surface area contributed by atoms with E-state index in [9.17, 15) is 19.2 Å². The zero-order chi connectivity index (χ0) is 28.9. The third kappa shape index (κ3) is 13.3. The van der Waals surface area contributed by atoms with Crippen molar-refractivity contribution in [3.63, 3.8) is 0 Å². The maximum absolute atomic E-state index is 11.6. The first-order valence-corrected chi connectivity index (χ1v) is 12.3. The standard InChI is InChI=1S/C14H19NO4.C10H11NO.C4H8O3/c1-4-11-8-6-7-10(3)13(11)15-14(17)19-9-12(16)18-5-2;1-3-9-6-4-5-8(2)10(9)11-7-12;1-2-7-4(6)3-5/h6-8H,4-5,9H2,1-3H3,(H,15,17);4-6H,3H2,1-2H3;5H,2-3H2,1H3. The molecule has 0 fully saturated rings. The Bertz CT molecular complexity index is 1080. The van der Waals surface area contributed by atoms with Crippen molar-refractivity contribution in [1.82, 2.24) is 0 Å². The molecule has 1 amide bonds. The van der Waals surface area contributed by atoms with Gasteiger partial charge in [-0.3, -0.25) is 5.32 Å². The van der Waals surface area contributed by atoms with E-state index in [-0.39, 0.29) is 13.2 Å². The number of hydrogen-bond acceptors (Lipinski definition) is 9. The molecule has 0 atom stereocenters. The summed E-state index contributed by atoms with van der Waals surface area (Å²) in [5, 5.41) is 10.6. The number of nitrogens with zero attached hydrogens (tertiary/aromatic N) is 1. The molecule has 0 spiro atoms.